The molecule has 106 valence electrons. The van der Waals surface area contributed by atoms with Crippen molar-refractivity contribution in [2.45, 2.75) is 0 Å². The molecule has 1 heterocycles. The summed E-state index contributed by atoms with van der Waals surface area (Å²) in [6.45, 7) is 0. The van der Waals surface area contributed by atoms with Gasteiger partial charge in [-0.05, 0) is 29.1 Å². The largest absolute Gasteiger partial charge is 0.497 e. The van der Waals surface area contributed by atoms with Gasteiger partial charge in [0, 0.05) is 22.5 Å². The van der Waals surface area contributed by atoms with Gasteiger partial charge in [-0.3, -0.25) is 4.98 Å². The first-order valence-corrected chi connectivity index (χ1v) is 7.27. The third kappa shape index (κ3) is 2.09. The zero-order valence-corrected chi connectivity index (χ0v) is 12.3. The molecule has 0 aliphatic heterocycles. The lowest BCUT2D eigenvalue weighted by molar-refractivity contribution is 0.415. The van der Waals surface area contributed by atoms with Crippen LogP contribution >= 0.6 is 0 Å². The number of benzene rings is 3. The number of hydrogen-bond acceptors (Lipinski definition) is 2. The van der Waals surface area contributed by atoms with Gasteiger partial charge in [-0.1, -0.05) is 48.5 Å². The Kier molecular flexibility index (Phi) is 3.01. The molecule has 4 aromatic rings. The summed E-state index contributed by atoms with van der Waals surface area (Å²) in [7, 11) is 1.68. The van der Waals surface area contributed by atoms with Gasteiger partial charge in [0.2, 0.25) is 0 Å². The van der Waals surface area contributed by atoms with Crippen LogP contribution < -0.4 is 4.74 Å². The first kappa shape index (κ1) is 12.8. The van der Waals surface area contributed by atoms with Gasteiger partial charge >= 0.3 is 0 Å². The average Bonchev–Trinajstić information content (AvgIpc) is 2.61. The van der Waals surface area contributed by atoms with Crippen molar-refractivity contribution in [1.82, 2.24) is 4.98 Å². The molecule has 0 N–H and O–H groups in total. The first-order valence-electron chi connectivity index (χ1n) is 7.27. The van der Waals surface area contributed by atoms with E-state index in [1.54, 1.807) is 7.11 Å². The smallest absolute Gasteiger partial charge is 0.118 e. The van der Waals surface area contributed by atoms with Crippen molar-refractivity contribution < 1.29 is 4.74 Å². The number of nitrogens with zero attached hydrogens (tertiary/aromatic N) is 1. The lowest BCUT2D eigenvalue weighted by atomic mass is 10.0. The third-order valence-corrected chi connectivity index (χ3v) is 4.00. The molecule has 0 unspecified atom stereocenters. The summed E-state index contributed by atoms with van der Waals surface area (Å²) in [5, 5.41) is 3.58. The zero-order valence-electron chi connectivity index (χ0n) is 12.3. The average molecular weight is 285 g/mol. The predicted octanol–water partition coefficient (Wildman–Crippen LogP) is 5.06. The second-order valence-electron chi connectivity index (χ2n) is 5.31. The quantitative estimate of drug-likeness (QED) is 0.480. The minimum atomic E-state index is 0.864. The van der Waals surface area contributed by atoms with Crippen LogP contribution in [0.4, 0.5) is 0 Å². The van der Waals surface area contributed by atoms with E-state index in [1.807, 2.05) is 18.3 Å². The Balaban J connectivity index is 1.88. The standard InChI is InChI=1S/C20H15NO/c1-22-18-10-8-14(9-11-18)17-12-16-7-6-15-4-2-3-5-19(15)20(16)21-13-17/h2-13H,1H3. The molecule has 0 aliphatic rings. The number of rotatable bonds is 2. The van der Waals surface area contributed by atoms with Gasteiger partial charge in [-0.25, -0.2) is 0 Å². The van der Waals surface area contributed by atoms with E-state index in [9.17, 15) is 0 Å². The first-order chi connectivity index (χ1) is 10.8. The summed E-state index contributed by atoms with van der Waals surface area (Å²) in [6, 6.07) is 22.9. The molecule has 0 saturated heterocycles. The Bertz CT molecular complexity index is 958. The van der Waals surface area contributed by atoms with Crippen molar-refractivity contribution in [3.8, 4) is 16.9 Å². The van der Waals surface area contributed by atoms with Gasteiger partial charge in [0.1, 0.15) is 5.75 Å². The van der Waals surface area contributed by atoms with Gasteiger partial charge in [0.15, 0.2) is 0 Å². The molecule has 4 rings (SSSR count). The number of fused-ring (bicyclic) bond motifs is 3. The highest BCUT2D eigenvalue weighted by Gasteiger charge is 2.04. The Morgan fingerprint density at radius 2 is 1.55 bits per heavy atom. The molecule has 0 saturated carbocycles. The number of aromatic nitrogens is 1. The second-order valence-corrected chi connectivity index (χ2v) is 5.31. The lowest BCUT2D eigenvalue weighted by Gasteiger charge is -2.07. The van der Waals surface area contributed by atoms with E-state index in [0.717, 1.165) is 27.8 Å². The van der Waals surface area contributed by atoms with E-state index < -0.39 is 0 Å². The fourth-order valence-electron chi connectivity index (χ4n) is 2.81. The van der Waals surface area contributed by atoms with Crippen molar-refractivity contribution in [2.24, 2.45) is 0 Å². The van der Waals surface area contributed by atoms with Crippen molar-refractivity contribution in [1.29, 1.82) is 0 Å². The van der Waals surface area contributed by atoms with Crippen molar-refractivity contribution in [2.75, 3.05) is 7.11 Å². The lowest BCUT2D eigenvalue weighted by Crippen LogP contribution is -1.86. The van der Waals surface area contributed by atoms with Gasteiger partial charge in [0.25, 0.3) is 0 Å². The molecule has 0 bridgehead atoms. The fourth-order valence-corrected chi connectivity index (χ4v) is 2.81. The van der Waals surface area contributed by atoms with Crippen LogP contribution in [0, 0.1) is 0 Å². The van der Waals surface area contributed by atoms with Crippen LogP contribution in [0.15, 0.2) is 72.9 Å². The topological polar surface area (TPSA) is 22.1 Å². The van der Waals surface area contributed by atoms with Gasteiger partial charge in [-0.2, -0.15) is 0 Å². The Hall–Kier alpha value is -2.87. The van der Waals surface area contributed by atoms with Crippen LogP contribution in [0.2, 0.25) is 0 Å². The maximum absolute atomic E-state index is 5.21. The molecule has 0 atom stereocenters. The number of pyridine rings is 1. The summed E-state index contributed by atoms with van der Waals surface area (Å²) in [6.07, 6.45) is 1.94. The number of methoxy groups -OCH3 is 1. The molecule has 1 aromatic heterocycles. The van der Waals surface area contributed by atoms with Crippen molar-refractivity contribution in [3.63, 3.8) is 0 Å². The summed E-state index contributed by atoms with van der Waals surface area (Å²) in [5.74, 6) is 0.864. The normalized spacial score (nSPS) is 11.0. The van der Waals surface area contributed by atoms with E-state index in [-0.39, 0.29) is 0 Å². The Morgan fingerprint density at radius 3 is 2.36 bits per heavy atom. The van der Waals surface area contributed by atoms with E-state index in [0.29, 0.717) is 0 Å². The minimum absolute atomic E-state index is 0.864. The molecular formula is C20H15NO. The molecule has 0 amide bonds. The van der Waals surface area contributed by atoms with Crippen LogP contribution in [0.3, 0.4) is 0 Å². The molecule has 0 aliphatic carbocycles. The Labute approximate surface area is 129 Å². The van der Waals surface area contributed by atoms with Crippen LogP contribution in [0.25, 0.3) is 32.8 Å². The maximum Gasteiger partial charge on any atom is 0.118 e. The van der Waals surface area contributed by atoms with Crippen LogP contribution in [-0.4, -0.2) is 12.1 Å². The molecule has 0 fully saturated rings. The number of hydrogen-bond donors (Lipinski definition) is 0. The van der Waals surface area contributed by atoms with Gasteiger partial charge in [0.05, 0.1) is 12.6 Å². The third-order valence-electron chi connectivity index (χ3n) is 4.00. The highest BCUT2D eigenvalue weighted by Crippen LogP contribution is 2.28. The Morgan fingerprint density at radius 1 is 0.773 bits per heavy atom. The van der Waals surface area contributed by atoms with E-state index in [4.69, 9.17) is 9.72 Å². The summed E-state index contributed by atoms with van der Waals surface area (Å²) >= 11 is 0. The SMILES string of the molecule is COc1ccc(-c2cnc3c(ccc4ccccc43)c2)cc1. The number of ether oxygens (including phenoxy) is 1. The molecule has 2 nitrogen and oxygen atoms in total. The molecule has 0 radical (unpaired) electrons. The van der Waals surface area contributed by atoms with Crippen molar-refractivity contribution >= 4 is 21.7 Å². The molecule has 3 aromatic carbocycles. The van der Waals surface area contributed by atoms with Crippen molar-refractivity contribution in [3.05, 3.63) is 72.9 Å². The van der Waals surface area contributed by atoms with E-state index in [2.05, 4.69) is 54.6 Å². The summed E-state index contributed by atoms with van der Waals surface area (Å²) < 4.78 is 5.21. The monoisotopic (exact) mass is 285 g/mol. The highest BCUT2D eigenvalue weighted by atomic mass is 16.5. The molecule has 22 heavy (non-hydrogen) atoms. The van der Waals surface area contributed by atoms with Crippen LogP contribution in [0.5, 0.6) is 5.75 Å². The maximum atomic E-state index is 5.21. The van der Waals surface area contributed by atoms with Gasteiger partial charge in [-0.15, -0.1) is 0 Å². The summed E-state index contributed by atoms with van der Waals surface area (Å²) in [5.41, 5.74) is 3.31. The molecular weight excluding hydrogens is 270 g/mol. The highest BCUT2D eigenvalue weighted by molar-refractivity contribution is 6.05. The summed E-state index contributed by atoms with van der Waals surface area (Å²) in [4.78, 5) is 4.70. The minimum Gasteiger partial charge on any atom is -0.497 e. The van der Waals surface area contributed by atoms with E-state index >= 15 is 0 Å². The van der Waals surface area contributed by atoms with E-state index in [1.165, 1.54) is 10.8 Å². The fraction of sp³-hybridized carbons (Fsp3) is 0.0500. The molecule has 2 heteroatoms. The van der Waals surface area contributed by atoms with Crippen LogP contribution in [0.1, 0.15) is 0 Å². The second kappa shape index (κ2) is 5.15. The van der Waals surface area contributed by atoms with Gasteiger partial charge < -0.3 is 4.74 Å². The molecule has 0 spiro atoms. The van der Waals surface area contributed by atoms with Crippen LogP contribution in [-0.2, 0) is 0 Å². The zero-order chi connectivity index (χ0) is 14.9. The predicted molar refractivity (Wildman–Crippen MR) is 91.2 cm³/mol.